The van der Waals surface area contributed by atoms with Crippen molar-refractivity contribution in [1.82, 2.24) is 15.1 Å². The molecule has 0 atom stereocenters. The molecule has 0 aromatic heterocycles. The first kappa shape index (κ1) is 12.1. The Labute approximate surface area is 90.4 Å². The SMILES string of the molecule is CNCCN(C)CCN1C(=O)CCC1=O. The molecule has 1 aliphatic heterocycles. The van der Waals surface area contributed by atoms with E-state index >= 15 is 0 Å². The van der Waals surface area contributed by atoms with Crippen LogP contribution in [0.25, 0.3) is 0 Å². The van der Waals surface area contributed by atoms with Gasteiger partial charge < -0.3 is 10.2 Å². The molecular formula is C10H19N3O2. The molecule has 0 unspecified atom stereocenters. The smallest absolute Gasteiger partial charge is 0.229 e. The minimum atomic E-state index is -0.0259. The van der Waals surface area contributed by atoms with Crippen molar-refractivity contribution in [2.45, 2.75) is 12.8 Å². The molecular weight excluding hydrogens is 194 g/mol. The van der Waals surface area contributed by atoms with Crippen LogP contribution in [0.5, 0.6) is 0 Å². The second-order valence-electron chi connectivity index (χ2n) is 3.85. The number of hydrogen-bond acceptors (Lipinski definition) is 4. The van der Waals surface area contributed by atoms with Gasteiger partial charge in [0.1, 0.15) is 0 Å². The van der Waals surface area contributed by atoms with E-state index in [2.05, 4.69) is 10.2 Å². The molecule has 0 spiro atoms. The molecule has 15 heavy (non-hydrogen) atoms. The highest BCUT2D eigenvalue weighted by Crippen LogP contribution is 2.10. The molecule has 1 saturated heterocycles. The number of nitrogens with one attached hydrogen (secondary N) is 1. The van der Waals surface area contributed by atoms with Crippen LogP contribution in [0, 0.1) is 0 Å². The van der Waals surface area contributed by atoms with Crippen molar-refractivity contribution in [3.8, 4) is 0 Å². The van der Waals surface area contributed by atoms with Gasteiger partial charge in [-0.1, -0.05) is 0 Å². The topological polar surface area (TPSA) is 52.6 Å². The van der Waals surface area contributed by atoms with Gasteiger partial charge in [0.15, 0.2) is 0 Å². The largest absolute Gasteiger partial charge is 0.318 e. The molecule has 1 N–H and O–H groups in total. The quantitative estimate of drug-likeness (QED) is 0.592. The monoisotopic (exact) mass is 213 g/mol. The van der Waals surface area contributed by atoms with Gasteiger partial charge in [0.2, 0.25) is 11.8 Å². The predicted octanol–water partition coefficient (Wildman–Crippen LogP) is -0.713. The average Bonchev–Trinajstić information content (AvgIpc) is 2.53. The van der Waals surface area contributed by atoms with E-state index in [9.17, 15) is 9.59 Å². The van der Waals surface area contributed by atoms with Gasteiger partial charge in [0, 0.05) is 39.0 Å². The molecule has 1 rings (SSSR count). The van der Waals surface area contributed by atoms with E-state index in [1.807, 2.05) is 14.1 Å². The summed E-state index contributed by atoms with van der Waals surface area (Å²) < 4.78 is 0. The Morgan fingerprint density at radius 3 is 2.40 bits per heavy atom. The maximum atomic E-state index is 11.3. The lowest BCUT2D eigenvalue weighted by atomic mass is 10.4. The number of imide groups is 1. The van der Waals surface area contributed by atoms with E-state index < -0.39 is 0 Å². The number of carbonyl (C=O) groups excluding carboxylic acids is 2. The molecule has 0 aromatic carbocycles. The van der Waals surface area contributed by atoms with Crippen molar-refractivity contribution in [3.05, 3.63) is 0 Å². The van der Waals surface area contributed by atoms with Crippen LogP contribution in [-0.4, -0.2) is 61.9 Å². The summed E-state index contributed by atoms with van der Waals surface area (Å²) >= 11 is 0. The van der Waals surface area contributed by atoms with Gasteiger partial charge in [-0.05, 0) is 14.1 Å². The lowest BCUT2D eigenvalue weighted by molar-refractivity contribution is -0.138. The lowest BCUT2D eigenvalue weighted by Crippen LogP contribution is -2.38. The zero-order valence-corrected chi connectivity index (χ0v) is 9.45. The maximum absolute atomic E-state index is 11.3. The van der Waals surface area contributed by atoms with Gasteiger partial charge >= 0.3 is 0 Å². The van der Waals surface area contributed by atoms with Crippen LogP contribution in [0.2, 0.25) is 0 Å². The number of carbonyl (C=O) groups is 2. The highest BCUT2D eigenvalue weighted by Gasteiger charge is 2.28. The zero-order chi connectivity index (χ0) is 11.3. The molecule has 1 fully saturated rings. The summed E-state index contributed by atoms with van der Waals surface area (Å²) in [4.78, 5) is 26.0. The first-order chi connectivity index (χ1) is 7.15. The Bertz CT molecular complexity index is 227. The lowest BCUT2D eigenvalue weighted by Gasteiger charge is -2.20. The fourth-order valence-corrected chi connectivity index (χ4v) is 1.56. The molecule has 86 valence electrons. The standard InChI is InChI=1S/C10H19N3O2/c1-11-5-6-12(2)7-8-13-9(14)3-4-10(13)15/h11H,3-8H2,1-2H3. The molecule has 1 heterocycles. The number of hydrogen-bond donors (Lipinski definition) is 1. The first-order valence-corrected chi connectivity index (χ1v) is 5.31. The van der Waals surface area contributed by atoms with Gasteiger partial charge in [0.05, 0.1) is 0 Å². The molecule has 5 nitrogen and oxygen atoms in total. The molecule has 0 bridgehead atoms. The van der Waals surface area contributed by atoms with Crippen molar-refractivity contribution in [2.75, 3.05) is 40.3 Å². The van der Waals surface area contributed by atoms with Crippen LogP contribution in [-0.2, 0) is 9.59 Å². The molecule has 5 heteroatoms. The van der Waals surface area contributed by atoms with Gasteiger partial charge in [-0.15, -0.1) is 0 Å². The van der Waals surface area contributed by atoms with Crippen LogP contribution in [0.15, 0.2) is 0 Å². The predicted molar refractivity (Wildman–Crippen MR) is 57.4 cm³/mol. The highest BCUT2D eigenvalue weighted by molar-refractivity contribution is 6.01. The molecule has 0 aromatic rings. The van der Waals surface area contributed by atoms with Crippen LogP contribution in [0.1, 0.15) is 12.8 Å². The first-order valence-electron chi connectivity index (χ1n) is 5.31. The third-order valence-corrected chi connectivity index (χ3v) is 2.60. The third kappa shape index (κ3) is 3.60. The normalized spacial score (nSPS) is 16.9. The summed E-state index contributed by atoms with van der Waals surface area (Å²) in [6.07, 6.45) is 0.776. The van der Waals surface area contributed by atoms with E-state index in [1.165, 1.54) is 4.90 Å². The van der Waals surface area contributed by atoms with Crippen LogP contribution in [0.3, 0.4) is 0 Å². The van der Waals surface area contributed by atoms with Crippen molar-refractivity contribution in [1.29, 1.82) is 0 Å². The van der Waals surface area contributed by atoms with Crippen molar-refractivity contribution in [2.24, 2.45) is 0 Å². The van der Waals surface area contributed by atoms with Crippen LogP contribution in [0.4, 0.5) is 0 Å². The molecule has 0 radical (unpaired) electrons. The Hall–Kier alpha value is -0.940. The van der Waals surface area contributed by atoms with E-state index in [0.29, 0.717) is 19.4 Å². The van der Waals surface area contributed by atoms with E-state index in [4.69, 9.17) is 0 Å². The van der Waals surface area contributed by atoms with Gasteiger partial charge in [-0.3, -0.25) is 14.5 Å². The second kappa shape index (κ2) is 5.82. The molecule has 0 aliphatic carbocycles. The van der Waals surface area contributed by atoms with Crippen LogP contribution < -0.4 is 5.32 Å². The zero-order valence-electron chi connectivity index (χ0n) is 9.45. The second-order valence-corrected chi connectivity index (χ2v) is 3.85. The number of rotatable bonds is 6. The summed E-state index contributed by atoms with van der Waals surface area (Å²) in [5.41, 5.74) is 0. The Morgan fingerprint density at radius 2 is 1.87 bits per heavy atom. The summed E-state index contributed by atoms with van der Waals surface area (Å²) in [6, 6.07) is 0. The molecule has 2 amide bonds. The fourth-order valence-electron chi connectivity index (χ4n) is 1.56. The van der Waals surface area contributed by atoms with E-state index in [-0.39, 0.29) is 11.8 Å². The van der Waals surface area contributed by atoms with Gasteiger partial charge in [-0.25, -0.2) is 0 Å². The van der Waals surface area contributed by atoms with E-state index in [0.717, 1.165) is 19.6 Å². The minimum absolute atomic E-state index is 0.0259. The number of amides is 2. The van der Waals surface area contributed by atoms with Gasteiger partial charge in [0.25, 0.3) is 0 Å². The maximum Gasteiger partial charge on any atom is 0.229 e. The number of nitrogens with zero attached hydrogens (tertiary/aromatic N) is 2. The molecule has 1 aliphatic rings. The van der Waals surface area contributed by atoms with Crippen molar-refractivity contribution < 1.29 is 9.59 Å². The van der Waals surface area contributed by atoms with Crippen molar-refractivity contribution in [3.63, 3.8) is 0 Å². The average molecular weight is 213 g/mol. The number of likely N-dealkylation sites (tertiary alicyclic amines) is 1. The number of likely N-dealkylation sites (N-methyl/N-ethyl adjacent to an activating group) is 2. The van der Waals surface area contributed by atoms with Gasteiger partial charge in [-0.2, -0.15) is 0 Å². The summed E-state index contributed by atoms with van der Waals surface area (Å²) in [5.74, 6) is -0.0518. The Kier molecular flexibility index (Phi) is 4.71. The minimum Gasteiger partial charge on any atom is -0.318 e. The summed E-state index contributed by atoms with van der Waals surface area (Å²) in [6.45, 7) is 3.11. The molecule has 0 saturated carbocycles. The van der Waals surface area contributed by atoms with Crippen LogP contribution >= 0.6 is 0 Å². The Morgan fingerprint density at radius 1 is 1.27 bits per heavy atom. The summed E-state index contributed by atoms with van der Waals surface area (Å²) in [5, 5.41) is 3.05. The van der Waals surface area contributed by atoms with E-state index in [1.54, 1.807) is 0 Å². The Balaban J connectivity index is 2.24. The summed E-state index contributed by atoms with van der Waals surface area (Å²) in [7, 11) is 3.89. The highest BCUT2D eigenvalue weighted by atomic mass is 16.2. The third-order valence-electron chi connectivity index (χ3n) is 2.60. The fraction of sp³-hybridized carbons (Fsp3) is 0.800. The van der Waals surface area contributed by atoms with Crippen molar-refractivity contribution >= 4 is 11.8 Å².